The van der Waals surface area contributed by atoms with Gasteiger partial charge in [0.2, 0.25) is 0 Å². The molecule has 0 aromatic heterocycles. The van der Waals surface area contributed by atoms with E-state index in [0.717, 1.165) is 13.1 Å². The Bertz CT molecular complexity index is 381. The van der Waals surface area contributed by atoms with E-state index in [0.29, 0.717) is 6.04 Å². The molecule has 1 N–H and O–H groups in total. The molecule has 1 heterocycles. The van der Waals surface area contributed by atoms with Crippen molar-refractivity contribution in [1.82, 2.24) is 5.32 Å². The van der Waals surface area contributed by atoms with Crippen molar-refractivity contribution in [2.75, 3.05) is 18.4 Å². The van der Waals surface area contributed by atoms with E-state index in [9.17, 15) is 0 Å². The van der Waals surface area contributed by atoms with E-state index in [-0.39, 0.29) is 0 Å². The zero-order chi connectivity index (χ0) is 11.5. The highest BCUT2D eigenvalue weighted by molar-refractivity contribution is 5.56. The second-order valence-corrected chi connectivity index (χ2v) is 5.24. The molecule has 1 saturated heterocycles. The molecule has 3 rings (SSSR count). The van der Waals surface area contributed by atoms with Gasteiger partial charge >= 0.3 is 0 Å². The number of aryl methyl sites for hydroxylation is 1. The number of hydrogen-bond acceptors (Lipinski definition) is 1. The van der Waals surface area contributed by atoms with Crippen LogP contribution < -0.4 is 10.6 Å². The van der Waals surface area contributed by atoms with Gasteiger partial charge in [-0.1, -0.05) is 12.1 Å². The van der Waals surface area contributed by atoms with Gasteiger partial charge < -0.3 is 5.32 Å². The molecule has 0 spiro atoms. The molecule has 0 amide bonds. The summed E-state index contributed by atoms with van der Waals surface area (Å²) in [6.07, 6.45) is 7.64. The number of piperidine rings is 1. The van der Waals surface area contributed by atoms with Crippen molar-refractivity contribution in [3.63, 3.8) is 0 Å². The fourth-order valence-electron chi connectivity index (χ4n) is 3.03. The highest BCUT2D eigenvalue weighted by Crippen LogP contribution is 2.28. The van der Waals surface area contributed by atoms with Gasteiger partial charge in [0, 0.05) is 24.8 Å². The summed E-state index contributed by atoms with van der Waals surface area (Å²) in [7, 11) is 0. The Balaban J connectivity index is 1.77. The maximum atomic E-state index is 4.42. The van der Waals surface area contributed by atoms with Crippen molar-refractivity contribution in [2.45, 2.75) is 44.6 Å². The van der Waals surface area contributed by atoms with E-state index in [1.807, 2.05) is 0 Å². The Hall–Kier alpha value is -1.02. The highest BCUT2D eigenvalue weighted by atomic mass is 15.0. The van der Waals surface area contributed by atoms with Gasteiger partial charge in [-0.25, -0.2) is 5.32 Å². The first-order valence-electron chi connectivity index (χ1n) is 6.94. The summed E-state index contributed by atoms with van der Waals surface area (Å²) in [5.74, 6) is 0. The molecule has 1 aliphatic heterocycles. The Labute approximate surface area is 104 Å². The summed E-state index contributed by atoms with van der Waals surface area (Å²) >= 11 is 0. The Morgan fingerprint density at radius 1 is 1.06 bits per heavy atom. The van der Waals surface area contributed by atoms with E-state index in [4.69, 9.17) is 0 Å². The number of hydrogen-bond donors (Lipinski definition) is 1. The second-order valence-electron chi connectivity index (χ2n) is 5.24. The topological polar surface area (TPSA) is 26.1 Å². The van der Waals surface area contributed by atoms with Crippen LogP contribution in [0.25, 0.3) is 0 Å². The normalized spacial score (nSPS) is 20.9. The Morgan fingerprint density at radius 3 is 2.76 bits per heavy atom. The maximum absolute atomic E-state index is 4.42. The van der Waals surface area contributed by atoms with Crippen molar-refractivity contribution in [3.05, 3.63) is 29.3 Å². The zero-order valence-electron chi connectivity index (χ0n) is 10.4. The van der Waals surface area contributed by atoms with Crippen LogP contribution in [0.2, 0.25) is 0 Å². The molecule has 0 unspecified atom stereocenters. The van der Waals surface area contributed by atoms with Gasteiger partial charge in [0.15, 0.2) is 0 Å². The zero-order valence-corrected chi connectivity index (χ0v) is 10.4. The van der Waals surface area contributed by atoms with Gasteiger partial charge in [0.25, 0.3) is 0 Å². The van der Waals surface area contributed by atoms with Crippen molar-refractivity contribution in [2.24, 2.45) is 0 Å². The summed E-state index contributed by atoms with van der Waals surface area (Å²) in [5.41, 5.74) is 4.55. The maximum Gasteiger partial charge on any atom is 0.0377 e. The smallest absolute Gasteiger partial charge is 0.0377 e. The molecule has 1 radical (unpaired) electrons. The fraction of sp³-hybridized carbons (Fsp3) is 0.600. The molecule has 17 heavy (non-hydrogen) atoms. The van der Waals surface area contributed by atoms with E-state index < -0.39 is 0 Å². The monoisotopic (exact) mass is 229 g/mol. The van der Waals surface area contributed by atoms with Gasteiger partial charge in [-0.2, -0.15) is 0 Å². The van der Waals surface area contributed by atoms with Crippen molar-refractivity contribution >= 4 is 5.69 Å². The summed E-state index contributed by atoms with van der Waals surface area (Å²) in [6, 6.07) is 7.41. The first-order valence-corrected chi connectivity index (χ1v) is 6.94. The lowest BCUT2D eigenvalue weighted by Gasteiger charge is -2.27. The quantitative estimate of drug-likeness (QED) is 0.829. The molecule has 2 aliphatic rings. The number of benzene rings is 1. The van der Waals surface area contributed by atoms with Crippen LogP contribution in [0, 0.1) is 0 Å². The van der Waals surface area contributed by atoms with E-state index in [1.54, 1.807) is 11.1 Å². The number of fused-ring (bicyclic) bond motifs is 1. The molecule has 0 saturated carbocycles. The van der Waals surface area contributed by atoms with Gasteiger partial charge in [-0.05, 0) is 55.7 Å². The third-order valence-electron chi connectivity index (χ3n) is 4.03. The van der Waals surface area contributed by atoms with Crippen LogP contribution in [-0.4, -0.2) is 19.1 Å². The van der Waals surface area contributed by atoms with Crippen LogP contribution in [0.15, 0.2) is 18.2 Å². The van der Waals surface area contributed by atoms with E-state index in [1.165, 1.54) is 44.2 Å². The molecule has 2 nitrogen and oxygen atoms in total. The van der Waals surface area contributed by atoms with Gasteiger partial charge in [0.05, 0.1) is 0 Å². The minimum absolute atomic E-state index is 0.640. The average molecular weight is 229 g/mol. The second kappa shape index (κ2) is 5.09. The minimum Gasteiger partial charge on any atom is -0.382 e. The minimum atomic E-state index is 0.640. The van der Waals surface area contributed by atoms with Crippen LogP contribution in [0.4, 0.5) is 5.69 Å². The van der Waals surface area contributed by atoms with E-state index >= 15 is 0 Å². The van der Waals surface area contributed by atoms with Crippen LogP contribution in [0.3, 0.4) is 0 Å². The molecule has 0 atom stereocenters. The molecule has 1 aromatic carbocycles. The molecular weight excluding hydrogens is 208 g/mol. The third-order valence-corrected chi connectivity index (χ3v) is 4.03. The van der Waals surface area contributed by atoms with Crippen molar-refractivity contribution in [3.8, 4) is 0 Å². The van der Waals surface area contributed by atoms with Crippen LogP contribution >= 0.6 is 0 Å². The predicted molar refractivity (Wildman–Crippen MR) is 71.6 cm³/mol. The van der Waals surface area contributed by atoms with Gasteiger partial charge in [0.1, 0.15) is 0 Å². The summed E-state index contributed by atoms with van der Waals surface area (Å²) < 4.78 is 0. The fourth-order valence-corrected chi connectivity index (χ4v) is 3.03. The Kier molecular flexibility index (Phi) is 3.32. The van der Waals surface area contributed by atoms with E-state index in [2.05, 4.69) is 28.8 Å². The number of anilines is 1. The van der Waals surface area contributed by atoms with Gasteiger partial charge in [-0.3, -0.25) is 0 Å². The lowest BCUT2D eigenvalue weighted by molar-refractivity contribution is 0.471. The van der Waals surface area contributed by atoms with Crippen LogP contribution in [0.5, 0.6) is 0 Å². The lowest BCUT2D eigenvalue weighted by Crippen LogP contribution is -2.32. The molecule has 1 fully saturated rings. The SMILES string of the molecule is c1cc2c(c(NC3CC[N]CC3)c1)CCCC2. The average Bonchev–Trinajstić information content (AvgIpc) is 2.40. The first kappa shape index (κ1) is 11.1. The molecular formula is C15H21N2. The Morgan fingerprint density at radius 2 is 1.88 bits per heavy atom. The molecule has 1 aromatic rings. The summed E-state index contributed by atoms with van der Waals surface area (Å²) in [5, 5.41) is 8.17. The van der Waals surface area contributed by atoms with Crippen molar-refractivity contribution < 1.29 is 0 Å². The third kappa shape index (κ3) is 2.47. The number of nitrogens with zero attached hydrogens (tertiary/aromatic N) is 1. The molecule has 1 aliphatic carbocycles. The molecule has 0 bridgehead atoms. The molecule has 2 heteroatoms. The largest absolute Gasteiger partial charge is 0.382 e. The number of rotatable bonds is 2. The summed E-state index contributed by atoms with van der Waals surface area (Å²) in [6.45, 7) is 2.07. The van der Waals surface area contributed by atoms with Crippen LogP contribution in [-0.2, 0) is 12.8 Å². The highest BCUT2D eigenvalue weighted by Gasteiger charge is 2.17. The summed E-state index contributed by atoms with van der Waals surface area (Å²) in [4.78, 5) is 0. The van der Waals surface area contributed by atoms with Crippen molar-refractivity contribution in [1.29, 1.82) is 0 Å². The predicted octanol–water partition coefficient (Wildman–Crippen LogP) is 2.74. The lowest BCUT2D eigenvalue weighted by atomic mass is 9.90. The van der Waals surface area contributed by atoms with Gasteiger partial charge in [-0.15, -0.1) is 0 Å². The standard InChI is InChI=1S/C15H21N2/c1-2-6-14-12(4-1)5-3-7-15(14)17-13-8-10-16-11-9-13/h3,5,7,13,17H,1-2,4,6,8-11H2. The molecule has 91 valence electrons. The van der Waals surface area contributed by atoms with Crippen LogP contribution in [0.1, 0.15) is 36.8 Å². The first-order chi connectivity index (χ1) is 8.43. The number of nitrogens with one attached hydrogen (secondary N) is 1.